The quantitative estimate of drug-likeness (QED) is 0.635. The van der Waals surface area contributed by atoms with Crippen molar-refractivity contribution in [3.63, 3.8) is 0 Å². The van der Waals surface area contributed by atoms with Gasteiger partial charge in [-0.2, -0.15) is 9.59 Å². The molecule has 1 fully saturated rings. The van der Waals surface area contributed by atoms with Crippen molar-refractivity contribution in [2.45, 2.75) is 72.0 Å². The highest BCUT2D eigenvalue weighted by Crippen LogP contribution is 2.26. The van der Waals surface area contributed by atoms with Crippen molar-refractivity contribution >= 4 is 12.2 Å². The molecule has 1 saturated heterocycles. The number of likely N-dealkylation sites (tertiary alicyclic amines) is 1. The number of carbonyl (C=O) groups excluding carboxylic acids is 2. The van der Waals surface area contributed by atoms with Crippen molar-refractivity contribution in [2.24, 2.45) is 0 Å². The number of quaternary nitrogens is 1. The van der Waals surface area contributed by atoms with E-state index in [1.165, 1.54) is 0 Å². The Kier molecular flexibility index (Phi) is 4.85. The summed E-state index contributed by atoms with van der Waals surface area (Å²) in [5, 5.41) is 0. The summed E-state index contributed by atoms with van der Waals surface area (Å²) in [6.45, 7) is 11.8. The maximum absolute atomic E-state index is 12.5. The highest BCUT2D eigenvalue weighted by atomic mass is 16.6. The topological polar surface area (TPSA) is 52.6 Å². The van der Waals surface area contributed by atoms with Gasteiger partial charge >= 0.3 is 12.2 Å². The fourth-order valence-corrected chi connectivity index (χ4v) is 2.19. The van der Waals surface area contributed by atoms with E-state index in [0.717, 1.165) is 19.3 Å². The van der Waals surface area contributed by atoms with Crippen LogP contribution in [0.3, 0.4) is 0 Å². The minimum Gasteiger partial charge on any atom is -0.414 e. The Labute approximate surface area is 121 Å². The van der Waals surface area contributed by atoms with E-state index in [1.807, 2.05) is 0 Å². The zero-order chi connectivity index (χ0) is 15.6. The summed E-state index contributed by atoms with van der Waals surface area (Å²) in [5.74, 6) is 0. The summed E-state index contributed by atoms with van der Waals surface area (Å²) in [6, 6.07) is 0. The smallest absolute Gasteiger partial charge is 0.414 e. The lowest BCUT2D eigenvalue weighted by Gasteiger charge is -2.36. The third kappa shape index (κ3) is 4.47. The highest BCUT2D eigenvalue weighted by Gasteiger charge is 2.51. The Morgan fingerprint density at radius 2 is 1.10 bits per heavy atom. The van der Waals surface area contributed by atoms with Gasteiger partial charge in [0, 0.05) is 0 Å². The fourth-order valence-electron chi connectivity index (χ4n) is 2.19. The summed E-state index contributed by atoms with van der Waals surface area (Å²) in [5.41, 5.74) is -1.22. The molecule has 20 heavy (non-hydrogen) atoms. The van der Waals surface area contributed by atoms with Gasteiger partial charge in [0.05, 0.1) is 13.1 Å². The van der Waals surface area contributed by atoms with Gasteiger partial charge in [0.25, 0.3) is 0 Å². The van der Waals surface area contributed by atoms with Crippen LogP contribution >= 0.6 is 0 Å². The van der Waals surface area contributed by atoms with E-state index in [1.54, 1.807) is 41.5 Å². The van der Waals surface area contributed by atoms with Gasteiger partial charge in [-0.05, 0) is 60.8 Å². The molecule has 1 heterocycles. The van der Waals surface area contributed by atoms with Crippen LogP contribution in [0.15, 0.2) is 0 Å². The Morgan fingerprint density at radius 1 is 0.750 bits per heavy atom. The maximum Gasteiger partial charge on any atom is 0.527 e. The molecule has 0 aromatic rings. The molecule has 5 heteroatoms. The molecule has 0 spiro atoms. The number of amides is 2. The maximum atomic E-state index is 12.5. The van der Waals surface area contributed by atoms with Crippen molar-refractivity contribution in [3.05, 3.63) is 0 Å². The van der Waals surface area contributed by atoms with Crippen molar-refractivity contribution in [1.82, 2.24) is 0 Å². The van der Waals surface area contributed by atoms with E-state index in [0.29, 0.717) is 13.1 Å². The number of hydrogen-bond acceptors (Lipinski definition) is 4. The summed E-state index contributed by atoms with van der Waals surface area (Å²) in [7, 11) is 0. The van der Waals surface area contributed by atoms with E-state index in [2.05, 4.69) is 0 Å². The zero-order valence-corrected chi connectivity index (χ0v) is 13.6. The fraction of sp³-hybridized carbons (Fsp3) is 0.867. The molecule has 0 radical (unpaired) electrons. The Hall–Kier alpha value is -1.10. The van der Waals surface area contributed by atoms with Crippen LogP contribution in [0.1, 0.15) is 60.8 Å². The normalized spacial score (nSPS) is 19.3. The molecule has 0 saturated carbocycles. The molecule has 1 rings (SSSR count). The first-order chi connectivity index (χ1) is 8.96. The van der Waals surface area contributed by atoms with Gasteiger partial charge in [-0.1, -0.05) is 0 Å². The van der Waals surface area contributed by atoms with Crippen LogP contribution < -0.4 is 0 Å². The average molecular weight is 286 g/mol. The van der Waals surface area contributed by atoms with Crippen LogP contribution in [-0.2, 0) is 9.47 Å². The summed E-state index contributed by atoms with van der Waals surface area (Å²) in [6.07, 6.45) is 1.71. The first-order valence-corrected chi connectivity index (χ1v) is 7.30. The van der Waals surface area contributed by atoms with Crippen molar-refractivity contribution in [2.75, 3.05) is 13.1 Å². The van der Waals surface area contributed by atoms with Crippen LogP contribution in [0, 0.1) is 0 Å². The van der Waals surface area contributed by atoms with E-state index in [-0.39, 0.29) is 4.48 Å². The molecule has 0 aliphatic carbocycles. The molecular formula is C15H28NO4+. The molecule has 5 nitrogen and oxygen atoms in total. The lowest BCUT2D eigenvalue weighted by atomic mass is 10.1. The number of imide groups is 1. The number of piperidine rings is 1. The molecule has 0 unspecified atom stereocenters. The monoisotopic (exact) mass is 286 g/mol. The molecule has 0 aromatic carbocycles. The molecular weight excluding hydrogens is 258 g/mol. The second-order valence-electron chi connectivity index (χ2n) is 7.44. The third-order valence-electron chi connectivity index (χ3n) is 3.07. The standard InChI is InChI=1S/C15H28NO4/c1-14(2,3)19-12(17)16(10-8-7-9-11-16)13(18)20-15(4,5)6/h7-11H2,1-6H3/q+1. The van der Waals surface area contributed by atoms with Crippen LogP contribution in [0.25, 0.3) is 0 Å². The predicted molar refractivity (Wildman–Crippen MR) is 76.3 cm³/mol. The van der Waals surface area contributed by atoms with Crippen LogP contribution in [0.2, 0.25) is 0 Å². The molecule has 116 valence electrons. The first-order valence-electron chi connectivity index (χ1n) is 7.30. The van der Waals surface area contributed by atoms with Gasteiger partial charge < -0.3 is 9.47 Å². The second kappa shape index (κ2) is 5.72. The minimum absolute atomic E-state index is 0.339. The van der Waals surface area contributed by atoms with E-state index < -0.39 is 23.4 Å². The van der Waals surface area contributed by atoms with E-state index >= 15 is 0 Å². The lowest BCUT2D eigenvalue weighted by Crippen LogP contribution is -2.61. The largest absolute Gasteiger partial charge is 0.527 e. The molecule has 0 bridgehead atoms. The SMILES string of the molecule is CC(C)(C)OC(=O)[N+]1(C(=O)OC(C)(C)C)CCCCC1. The van der Waals surface area contributed by atoms with Gasteiger partial charge in [0.2, 0.25) is 0 Å². The third-order valence-corrected chi connectivity index (χ3v) is 3.07. The highest BCUT2D eigenvalue weighted by molar-refractivity contribution is 5.76. The van der Waals surface area contributed by atoms with Crippen molar-refractivity contribution in [3.8, 4) is 0 Å². The average Bonchev–Trinajstić information content (AvgIpc) is 2.25. The number of ether oxygens (including phenoxy) is 2. The summed E-state index contributed by atoms with van der Waals surface area (Å²) < 4.78 is 10.6. The van der Waals surface area contributed by atoms with Gasteiger partial charge in [-0.3, -0.25) is 0 Å². The molecule has 1 aliphatic rings. The minimum atomic E-state index is -0.609. The molecule has 0 aromatic heterocycles. The first kappa shape index (κ1) is 17.0. The van der Waals surface area contributed by atoms with Crippen LogP contribution in [0.4, 0.5) is 9.59 Å². The Balaban J connectivity index is 2.97. The molecule has 0 atom stereocenters. The number of hydrogen-bond donors (Lipinski definition) is 0. The number of nitrogens with zero attached hydrogens (tertiary/aromatic N) is 1. The Morgan fingerprint density at radius 3 is 1.40 bits per heavy atom. The van der Waals surface area contributed by atoms with E-state index in [9.17, 15) is 9.59 Å². The van der Waals surface area contributed by atoms with Gasteiger partial charge in [-0.15, -0.1) is 4.48 Å². The summed E-state index contributed by atoms with van der Waals surface area (Å²) >= 11 is 0. The van der Waals surface area contributed by atoms with Crippen molar-refractivity contribution < 1.29 is 23.5 Å². The molecule has 0 N–H and O–H groups in total. The predicted octanol–water partition coefficient (Wildman–Crippen LogP) is 3.86. The van der Waals surface area contributed by atoms with Gasteiger partial charge in [-0.25, -0.2) is 0 Å². The van der Waals surface area contributed by atoms with Crippen molar-refractivity contribution in [1.29, 1.82) is 0 Å². The van der Waals surface area contributed by atoms with Gasteiger partial charge in [0.15, 0.2) is 0 Å². The number of carbonyl (C=O) groups is 2. The van der Waals surface area contributed by atoms with Gasteiger partial charge in [0.1, 0.15) is 11.2 Å². The molecule has 2 amide bonds. The second-order valence-corrected chi connectivity index (χ2v) is 7.44. The van der Waals surface area contributed by atoms with Crippen LogP contribution in [-0.4, -0.2) is 41.0 Å². The zero-order valence-electron chi connectivity index (χ0n) is 13.6. The molecule has 1 aliphatic heterocycles. The van der Waals surface area contributed by atoms with E-state index in [4.69, 9.17) is 9.47 Å². The lowest BCUT2D eigenvalue weighted by molar-refractivity contribution is -0.793. The Bertz CT molecular complexity index is 340. The number of rotatable bonds is 0. The summed E-state index contributed by atoms with van der Waals surface area (Å²) in [4.78, 5) is 25.0. The van der Waals surface area contributed by atoms with Crippen LogP contribution in [0.5, 0.6) is 0 Å².